The molecule has 0 atom stereocenters. The van der Waals surface area contributed by atoms with Crippen LogP contribution < -0.4 is 10.6 Å². The number of nitrogens with zero attached hydrogens (tertiary/aromatic N) is 4. The van der Waals surface area contributed by atoms with Crippen molar-refractivity contribution in [1.29, 1.82) is 0 Å². The number of carbonyl (C=O) groups excluding carboxylic acids is 2. The number of fused-ring (bicyclic) bond motifs is 1. The number of nitro groups is 1. The molecule has 4 aromatic rings. The third-order valence-corrected chi connectivity index (χ3v) is 6.09. The van der Waals surface area contributed by atoms with Gasteiger partial charge in [-0.2, -0.15) is 4.98 Å². The minimum atomic E-state index is -0.969. The van der Waals surface area contributed by atoms with Crippen molar-refractivity contribution in [3.8, 4) is 10.7 Å². The van der Waals surface area contributed by atoms with Crippen LogP contribution in [0.2, 0.25) is 0 Å². The minimum absolute atomic E-state index is 0.0287. The Balaban J connectivity index is 1.36. The first-order valence-corrected chi connectivity index (χ1v) is 10.9. The number of benzene rings is 1. The zero-order chi connectivity index (χ0) is 22.0. The number of nitrogens with one attached hydrogen (secondary N) is 2. The van der Waals surface area contributed by atoms with E-state index in [0.717, 1.165) is 15.5 Å². The Morgan fingerprint density at radius 2 is 2.06 bits per heavy atom. The van der Waals surface area contributed by atoms with Gasteiger partial charge in [-0.1, -0.05) is 12.1 Å². The van der Waals surface area contributed by atoms with Crippen LogP contribution in [0.3, 0.4) is 0 Å². The summed E-state index contributed by atoms with van der Waals surface area (Å²) in [6.45, 7) is 1.90. The zero-order valence-electron chi connectivity index (χ0n) is 16.2. The molecule has 1 aromatic carbocycles. The van der Waals surface area contributed by atoms with Crippen molar-refractivity contribution in [2.75, 3.05) is 11.9 Å². The van der Waals surface area contributed by atoms with Gasteiger partial charge in [-0.15, -0.1) is 27.8 Å². The number of rotatable bonds is 6. The number of thiophene rings is 1. The van der Waals surface area contributed by atoms with Crippen molar-refractivity contribution in [3.05, 3.63) is 62.5 Å². The van der Waals surface area contributed by atoms with Gasteiger partial charge in [-0.3, -0.25) is 19.7 Å². The molecular weight excluding hydrogens is 440 g/mol. The molecular formula is C19H16N6O4S2. The largest absolute Gasteiger partial charge is 0.347 e. The number of hydrogen-bond acceptors (Lipinski definition) is 8. The molecule has 0 aliphatic rings. The highest BCUT2D eigenvalue weighted by Crippen LogP contribution is 2.26. The summed E-state index contributed by atoms with van der Waals surface area (Å²) in [5, 5.41) is 24.3. The van der Waals surface area contributed by atoms with Gasteiger partial charge < -0.3 is 10.6 Å². The number of aryl methyl sites for hydroxylation is 1. The molecule has 3 heterocycles. The molecule has 0 fully saturated rings. The van der Waals surface area contributed by atoms with E-state index in [1.165, 1.54) is 23.5 Å². The second kappa shape index (κ2) is 8.62. The Kier molecular flexibility index (Phi) is 5.73. The van der Waals surface area contributed by atoms with E-state index in [2.05, 4.69) is 20.7 Å². The van der Waals surface area contributed by atoms with E-state index < -0.39 is 16.7 Å². The van der Waals surface area contributed by atoms with Gasteiger partial charge in [-0.25, -0.2) is 4.52 Å². The lowest BCUT2D eigenvalue weighted by molar-refractivity contribution is -0.384. The molecule has 0 aliphatic carbocycles. The summed E-state index contributed by atoms with van der Waals surface area (Å²) in [6.07, 6.45) is 0.441. The Bertz CT molecular complexity index is 1280. The maximum atomic E-state index is 12.1. The molecule has 0 unspecified atom stereocenters. The van der Waals surface area contributed by atoms with Crippen LogP contribution in [0.4, 0.5) is 11.4 Å². The standard InChI is InChI=1S/C19H16N6O4S2/c1-11-4-5-13(14(9-11)25(28)29)21-18(27)17(26)20-7-6-12-10-31-19-22-16(23-24(12)19)15-3-2-8-30-15/h2-5,8-10H,6-7H2,1H3,(H,20,26)(H,21,27). The second-order valence-electron chi connectivity index (χ2n) is 6.57. The quantitative estimate of drug-likeness (QED) is 0.260. The van der Waals surface area contributed by atoms with Gasteiger partial charge in [0.25, 0.3) is 5.69 Å². The molecule has 4 rings (SSSR count). The van der Waals surface area contributed by atoms with E-state index in [0.29, 0.717) is 17.8 Å². The first kappa shape index (κ1) is 20.6. The number of carbonyl (C=O) groups is 2. The number of nitro benzene ring substituents is 1. The van der Waals surface area contributed by atoms with Crippen molar-refractivity contribution < 1.29 is 14.5 Å². The van der Waals surface area contributed by atoms with Gasteiger partial charge in [0.2, 0.25) is 4.96 Å². The fraction of sp³-hybridized carbons (Fsp3) is 0.158. The van der Waals surface area contributed by atoms with Crippen LogP contribution in [0.1, 0.15) is 11.3 Å². The average Bonchev–Trinajstić information content (AvgIpc) is 3.46. The summed E-state index contributed by atoms with van der Waals surface area (Å²) in [4.78, 5) is 41.0. The van der Waals surface area contributed by atoms with Gasteiger partial charge in [-0.05, 0) is 30.0 Å². The Morgan fingerprint density at radius 3 is 2.81 bits per heavy atom. The summed E-state index contributed by atoms with van der Waals surface area (Å²) in [6, 6.07) is 8.22. The molecule has 0 saturated carbocycles. The highest BCUT2D eigenvalue weighted by Gasteiger charge is 2.20. The SMILES string of the molecule is Cc1ccc(NC(=O)C(=O)NCCc2csc3nc(-c4cccs4)nn23)c([N+](=O)[O-])c1. The predicted molar refractivity (Wildman–Crippen MR) is 117 cm³/mol. The fourth-order valence-corrected chi connectivity index (χ4v) is 4.38. The van der Waals surface area contributed by atoms with Crippen molar-refractivity contribution in [2.24, 2.45) is 0 Å². The van der Waals surface area contributed by atoms with Crippen molar-refractivity contribution >= 4 is 50.8 Å². The summed E-state index contributed by atoms with van der Waals surface area (Å²) in [5.41, 5.74) is 1.23. The Labute approximate surface area is 183 Å². The molecule has 0 radical (unpaired) electrons. The van der Waals surface area contributed by atoms with Crippen molar-refractivity contribution in [1.82, 2.24) is 19.9 Å². The lowest BCUT2D eigenvalue weighted by atomic mass is 10.2. The maximum absolute atomic E-state index is 12.1. The fourth-order valence-electron chi connectivity index (χ4n) is 2.87. The van der Waals surface area contributed by atoms with Gasteiger partial charge in [0, 0.05) is 24.4 Å². The normalized spacial score (nSPS) is 10.9. The molecule has 0 spiro atoms. The average molecular weight is 457 g/mol. The molecule has 158 valence electrons. The third-order valence-electron chi connectivity index (χ3n) is 4.36. The van der Waals surface area contributed by atoms with E-state index in [9.17, 15) is 19.7 Å². The first-order valence-electron chi connectivity index (χ1n) is 9.13. The summed E-state index contributed by atoms with van der Waals surface area (Å²) >= 11 is 2.99. The zero-order valence-corrected chi connectivity index (χ0v) is 17.8. The molecule has 2 amide bonds. The minimum Gasteiger partial charge on any atom is -0.347 e. The molecule has 31 heavy (non-hydrogen) atoms. The lowest BCUT2D eigenvalue weighted by Gasteiger charge is -2.07. The van der Waals surface area contributed by atoms with Crippen LogP contribution in [0.25, 0.3) is 15.7 Å². The van der Waals surface area contributed by atoms with Crippen LogP contribution in [-0.4, -0.2) is 37.9 Å². The number of aromatic nitrogens is 3. The second-order valence-corrected chi connectivity index (χ2v) is 8.36. The van der Waals surface area contributed by atoms with Crippen molar-refractivity contribution in [3.63, 3.8) is 0 Å². The highest BCUT2D eigenvalue weighted by molar-refractivity contribution is 7.15. The van der Waals surface area contributed by atoms with Gasteiger partial charge in [0.1, 0.15) is 5.69 Å². The topological polar surface area (TPSA) is 132 Å². The highest BCUT2D eigenvalue weighted by atomic mass is 32.1. The summed E-state index contributed by atoms with van der Waals surface area (Å²) in [5.74, 6) is -1.20. The van der Waals surface area contributed by atoms with E-state index in [1.54, 1.807) is 28.8 Å². The van der Waals surface area contributed by atoms with Gasteiger partial charge in [0.15, 0.2) is 5.82 Å². The van der Waals surface area contributed by atoms with E-state index >= 15 is 0 Å². The van der Waals surface area contributed by atoms with Crippen LogP contribution in [0, 0.1) is 17.0 Å². The summed E-state index contributed by atoms with van der Waals surface area (Å²) in [7, 11) is 0. The van der Waals surface area contributed by atoms with Crippen LogP contribution >= 0.6 is 22.7 Å². The molecule has 0 saturated heterocycles. The molecule has 0 bridgehead atoms. The maximum Gasteiger partial charge on any atom is 0.313 e. The number of hydrogen-bond donors (Lipinski definition) is 2. The van der Waals surface area contributed by atoms with E-state index in [4.69, 9.17) is 0 Å². The number of anilines is 1. The van der Waals surface area contributed by atoms with E-state index in [-0.39, 0.29) is 17.9 Å². The molecule has 3 aromatic heterocycles. The first-order chi connectivity index (χ1) is 14.9. The van der Waals surface area contributed by atoms with Crippen LogP contribution in [0.15, 0.2) is 41.1 Å². The Hall–Kier alpha value is -3.64. The molecule has 10 nitrogen and oxygen atoms in total. The third kappa shape index (κ3) is 4.44. The van der Waals surface area contributed by atoms with Gasteiger partial charge >= 0.3 is 11.8 Å². The monoisotopic (exact) mass is 456 g/mol. The van der Waals surface area contributed by atoms with Crippen LogP contribution in [-0.2, 0) is 16.0 Å². The number of thiazole rings is 1. The Morgan fingerprint density at radius 1 is 1.23 bits per heavy atom. The predicted octanol–water partition coefficient (Wildman–Crippen LogP) is 3.03. The summed E-state index contributed by atoms with van der Waals surface area (Å²) < 4.78 is 1.72. The number of amides is 2. The lowest BCUT2D eigenvalue weighted by Crippen LogP contribution is -2.36. The smallest absolute Gasteiger partial charge is 0.313 e. The van der Waals surface area contributed by atoms with Crippen molar-refractivity contribution in [2.45, 2.75) is 13.3 Å². The molecule has 0 aliphatic heterocycles. The van der Waals surface area contributed by atoms with E-state index in [1.807, 2.05) is 22.9 Å². The molecule has 12 heteroatoms. The van der Waals surface area contributed by atoms with Crippen LogP contribution in [0.5, 0.6) is 0 Å². The van der Waals surface area contributed by atoms with Gasteiger partial charge in [0.05, 0.1) is 15.5 Å². The molecule has 2 N–H and O–H groups in total.